The van der Waals surface area contributed by atoms with Gasteiger partial charge in [-0.3, -0.25) is 4.68 Å². The van der Waals surface area contributed by atoms with Gasteiger partial charge in [0, 0.05) is 18.6 Å². The first-order chi connectivity index (χ1) is 46.0. The molecule has 13 heterocycles. The van der Waals surface area contributed by atoms with Gasteiger partial charge in [-0.05, 0) is 298 Å². The van der Waals surface area contributed by atoms with Crippen molar-refractivity contribution in [1.29, 1.82) is 0 Å². The molecule has 27 nitrogen and oxygen atoms in total. The molecule has 7 saturated heterocycles. The van der Waals surface area contributed by atoms with Gasteiger partial charge in [-0.15, -0.1) is 20.4 Å². The Kier molecular flexibility index (Phi) is 30.2. The number of benzene rings is 1. The number of aromatic nitrogens is 19. The molecular weight excluding hydrogens is 1260 g/mol. The van der Waals surface area contributed by atoms with Crippen molar-refractivity contribution in [3.63, 3.8) is 0 Å². The average molecular weight is 1390 g/mol. The van der Waals surface area contributed by atoms with E-state index in [1.807, 2.05) is 74.0 Å². The minimum Gasteiger partial charge on any atom is -0.490 e. The maximum atomic E-state index is 5.98. The third-order valence-electron chi connectivity index (χ3n) is 24.2. The predicted octanol–water partition coefficient (Wildman–Crippen LogP) is 8.60. The Morgan fingerprint density at radius 2 is 0.710 bits per heavy atom. The van der Waals surface area contributed by atoms with Crippen LogP contribution >= 0.6 is 0 Å². The Morgan fingerprint density at radius 1 is 0.300 bits per heavy atom. The summed E-state index contributed by atoms with van der Waals surface area (Å²) in [6, 6.07) is 15.7. The Labute approximate surface area is 597 Å². The zero-order valence-corrected chi connectivity index (χ0v) is 54.1. The molecule has 0 spiro atoms. The SMILES string of the molecule is C.C.C.C.C.C.C.c1ccc(OC2CC3CNCC3C2)cc1.c1cn(C2CC3CNCC3C2)nn1.c1cnn(C2CC3CNCC3C2)c1.c1cnn(C2CC3CNCC3C2)n1.c1ncn(C2CC3CNCC3C2)n1.c1nnn(C2CC3CNCC3C2)n1.c1nnnn1C1CC2CNCC2C1. The predicted molar refractivity (Wildman–Crippen MR) is 394 cm³/mol. The second-order valence-electron chi connectivity index (χ2n) is 29.7. The molecule has 7 aliphatic carbocycles. The van der Waals surface area contributed by atoms with Crippen molar-refractivity contribution < 1.29 is 4.74 Å². The van der Waals surface area contributed by atoms with Gasteiger partial charge in [0.25, 0.3) is 0 Å². The van der Waals surface area contributed by atoms with E-state index in [4.69, 9.17) is 4.74 Å². The third-order valence-corrected chi connectivity index (χ3v) is 24.2. The topological polar surface area (TPSA) is 291 Å². The van der Waals surface area contributed by atoms with Crippen molar-refractivity contribution in [2.24, 2.45) is 82.9 Å². The summed E-state index contributed by atoms with van der Waals surface area (Å²) in [5.41, 5.74) is 0. The molecule has 7 aromatic rings. The summed E-state index contributed by atoms with van der Waals surface area (Å²) in [6.45, 7) is 16.8. The van der Waals surface area contributed by atoms with Gasteiger partial charge in [0.2, 0.25) is 0 Å². The van der Waals surface area contributed by atoms with Crippen LogP contribution in [-0.2, 0) is 0 Å². The summed E-state index contributed by atoms with van der Waals surface area (Å²) in [6.07, 6.45) is 36.1. The second kappa shape index (κ2) is 38.1. The number of tetrazole rings is 2. The first-order valence-electron chi connectivity index (χ1n) is 35.7. The fraction of sp³-hybridized carbons (Fsp3) is 0.767. The summed E-state index contributed by atoms with van der Waals surface area (Å²) < 4.78 is 14.1. The second-order valence-corrected chi connectivity index (χ2v) is 29.7. The van der Waals surface area contributed by atoms with Crippen molar-refractivity contribution in [2.45, 2.75) is 184 Å². The van der Waals surface area contributed by atoms with Crippen molar-refractivity contribution in [3.05, 3.63) is 98.9 Å². The lowest BCUT2D eigenvalue weighted by Crippen LogP contribution is -2.18. The van der Waals surface area contributed by atoms with Crippen LogP contribution in [-0.4, -0.2) is 193 Å². The average Bonchev–Trinajstić information content (AvgIpc) is 1.73. The molecule has 556 valence electrons. The van der Waals surface area contributed by atoms with Crippen LogP contribution in [0.3, 0.4) is 0 Å². The lowest BCUT2D eigenvalue weighted by Gasteiger charge is -2.14. The Hall–Kier alpha value is -6.49. The maximum absolute atomic E-state index is 5.98. The number of para-hydroxylation sites is 1. The standard InChI is InChI=1S/C13H17NO.C10H15N3.3C9H14N4.2C8H13N5.7CH4/c1-2-4-12(5-3-1)15-13-6-10-8-14-9-11(10)7-13;1-2-12-13(3-1)10-4-8-6-11-7-9(8)5-10;1-7-3-10-4-8(7)2-9(1)13-6-11-5-12-13;1-2-13(12-11-1)9-3-7-5-10-6-8(7)4-9;1-2-12-13(11-1)9-3-7-5-10-6-8(7)4-9;1-6-3-9-4-7(6)2-8(1)13-5-10-11-12-13;1-6-3-9-4-7(6)2-8(1)13-11-5-10-12-13;;;;;;;/h1-5,10-11,13-14H,6-9H2;1-3,8-11H,4-7H2;5-10H,1-4H2;2*1-2,7-10H,3-6H2;2*5-9H,1-4H2;7*1H4. The van der Waals surface area contributed by atoms with Gasteiger partial charge in [-0.25, -0.2) is 19.0 Å². The van der Waals surface area contributed by atoms with Gasteiger partial charge in [0.05, 0.1) is 60.9 Å². The van der Waals surface area contributed by atoms with Gasteiger partial charge < -0.3 is 42.0 Å². The van der Waals surface area contributed by atoms with Crippen LogP contribution in [0.25, 0.3) is 0 Å². The molecule has 14 unspecified atom stereocenters. The van der Waals surface area contributed by atoms with Gasteiger partial charge in [0.15, 0.2) is 6.33 Å². The summed E-state index contributed by atoms with van der Waals surface area (Å²) in [7, 11) is 0. The van der Waals surface area contributed by atoms with Gasteiger partial charge >= 0.3 is 0 Å². The summed E-state index contributed by atoms with van der Waals surface area (Å²) in [4.78, 5) is 7.66. The highest BCUT2D eigenvalue weighted by Crippen LogP contribution is 2.45. The lowest BCUT2D eigenvalue weighted by atomic mass is 10.0. The summed E-state index contributed by atoms with van der Waals surface area (Å²) >= 11 is 0. The van der Waals surface area contributed by atoms with Crippen LogP contribution in [0.4, 0.5) is 0 Å². The number of hydrogen-bond donors (Lipinski definition) is 7. The maximum Gasteiger partial charge on any atom is 0.162 e. The van der Waals surface area contributed by atoms with Crippen LogP contribution in [0.5, 0.6) is 5.75 Å². The molecule has 1 aromatic carbocycles. The van der Waals surface area contributed by atoms with Crippen molar-refractivity contribution in [1.82, 2.24) is 132 Å². The van der Waals surface area contributed by atoms with Gasteiger partial charge in [-0.2, -0.15) is 30.0 Å². The Bertz CT molecular complexity index is 2680. The molecule has 14 aliphatic rings. The molecule has 7 saturated carbocycles. The molecule has 7 N–H and O–H groups in total. The monoisotopic (exact) mass is 1390 g/mol. The Balaban J connectivity index is 0.000000147. The van der Waals surface area contributed by atoms with E-state index in [0.29, 0.717) is 42.4 Å². The fourth-order valence-corrected chi connectivity index (χ4v) is 19.4. The van der Waals surface area contributed by atoms with E-state index in [-0.39, 0.29) is 52.0 Å². The minimum absolute atomic E-state index is 0. The zero-order chi connectivity index (χ0) is 62.1. The van der Waals surface area contributed by atoms with Crippen molar-refractivity contribution >= 4 is 0 Å². The number of hydrogen-bond acceptors (Lipinski definition) is 21. The molecule has 7 aliphatic heterocycles. The largest absolute Gasteiger partial charge is 0.490 e. The smallest absolute Gasteiger partial charge is 0.162 e. The summed E-state index contributed by atoms with van der Waals surface area (Å²) in [5.74, 6) is 13.2. The molecule has 14 atom stereocenters. The molecule has 14 fully saturated rings. The van der Waals surface area contributed by atoms with Crippen LogP contribution in [0, 0.1) is 82.9 Å². The van der Waals surface area contributed by atoms with E-state index in [2.05, 4.69) is 115 Å². The minimum atomic E-state index is 0. The first-order valence-corrected chi connectivity index (χ1v) is 35.7. The normalized spacial score (nSPS) is 34.7. The van der Waals surface area contributed by atoms with E-state index < -0.39 is 0 Å². The van der Waals surface area contributed by atoms with E-state index >= 15 is 0 Å². The van der Waals surface area contributed by atoms with E-state index in [1.54, 1.807) is 36.0 Å². The highest BCUT2D eigenvalue weighted by molar-refractivity contribution is 5.21. The van der Waals surface area contributed by atoms with Crippen LogP contribution in [0.1, 0.15) is 178 Å². The van der Waals surface area contributed by atoms with E-state index in [9.17, 15) is 0 Å². The third kappa shape index (κ3) is 19.2. The van der Waals surface area contributed by atoms with Gasteiger partial charge in [-0.1, -0.05) is 75.4 Å². The number of nitrogens with one attached hydrogen (secondary N) is 7. The van der Waals surface area contributed by atoms with Gasteiger partial charge in [0.1, 0.15) is 24.7 Å². The molecule has 0 bridgehead atoms. The molecule has 0 amide bonds. The van der Waals surface area contributed by atoms with E-state index in [0.717, 1.165) is 88.6 Å². The highest BCUT2D eigenvalue weighted by Gasteiger charge is 2.44. The number of rotatable bonds is 8. The molecule has 6 aromatic heterocycles. The zero-order valence-electron chi connectivity index (χ0n) is 54.1. The lowest BCUT2D eigenvalue weighted by molar-refractivity contribution is 0.199. The van der Waals surface area contributed by atoms with E-state index in [1.165, 1.54) is 188 Å². The summed E-state index contributed by atoms with van der Waals surface area (Å²) in [5, 5.41) is 72.1. The van der Waals surface area contributed by atoms with Crippen molar-refractivity contribution in [3.8, 4) is 5.75 Å². The Morgan fingerprint density at radius 3 is 1.08 bits per heavy atom. The number of ether oxygens (including phenoxy) is 1. The van der Waals surface area contributed by atoms with Crippen LogP contribution in [0.15, 0.2) is 98.9 Å². The quantitative estimate of drug-likeness (QED) is 0.0749. The highest BCUT2D eigenvalue weighted by atomic mass is 16.5. The molecule has 100 heavy (non-hydrogen) atoms. The first kappa shape index (κ1) is 79.2. The molecule has 21 rings (SSSR count). The fourth-order valence-electron chi connectivity index (χ4n) is 19.4. The van der Waals surface area contributed by atoms with Crippen LogP contribution in [0.2, 0.25) is 0 Å². The molecular formula is C73H128N26O. The van der Waals surface area contributed by atoms with Crippen molar-refractivity contribution in [2.75, 3.05) is 91.6 Å². The number of nitrogens with zero attached hydrogens (tertiary/aromatic N) is 19. The van der Waals surface area contributed by atoms with Crippen LogP contribution < -0.4 is 42.0 Å². The molecule has 0 radical (unpaired) electrons. The number of fused-ring (bicyclic) bond motifs is 7. The molecule has 27 heteroatoms.